The van der Waals surface area contributed by atoms with Crippen LogP contribution in [0.3, 0.4) is 0 Å². The number of rotatable bonds is 6. The number of anilines is 2. The SMILES string of the molecule is Cc1cccc(Nc2ccnc(C(=O)NCCc3cccc(Cl)c3)c2)c1. The fourth-order valence-electron chi connectivity index (χ4n) is 2.63. The van der Waals surface area contributed by atoms with Crippen LogP contribution in [0, 0.1) is 6.92 Å². The van der Waals surface area contributed by atoms with Gasteiger partial charge in [-0.3, -0.25) is 9.78 Å². The molecule has 3 rings (SSSR count). The molecular formula is C21H20ClN3O. The Morgan fingerprint density at radius 1 is 1.04 bits per heavy atom. The van der Waals surface area contributed by atoms with Crippen LogP contribution in [-0.4, -0.2) is 17.4 Å². The van der Waals surface area contributed by atoms with E-state index in [1.807, 2.05) is 61.5 Å². The molecule has 0 unspecified atom stereocenters. The van der Waals surface area contributed by atoms with Gasteiger partial charge in [0.1, 0.15) is 5.69 Å². The molecule has 0 aliphatic carbocycles. The second-order valence-electron chi connectivity index (χ2n) is 6.06. The van der Waals surface area contributed by atoms with Gasteiger partial charge in [0.15, 0.2) is 0 Å². The van der Waals surface area contributed by atoms with E-state index >= 15 is 0 Å². The normalized spacial score (nSPS) is 10.4. The largest absolute Gasteiger partial charge is 0.355 e. The minimum absolute atomic E-state index is 0.195. The Hall–Kier alpha value is -2.85. The van der Waals surface area contributed by atoms with Gasteiger partial charge >= 0.3 is 0 Å². The average molecular weight is 366 g/mol. The molecule has 0 spiro atoms. The van der Waals surface area contributed by atoms with Crippen LogP contribution >= 0.6 is 11.6 Å². The number of pyridine rings is 1. The van der Waals surface area contributed by atoms with Crippen LogP contribution in [0.5, 0.6) is 0 Å². The average Bonchev–Trinajstić information content (AvgIpc) is 2.62. The Labute approximate surface area is 158 Å². The summed E-state index contributed by atoms with van der Waals surface area (Å²) in [5.74, 6) is -0.195. The van der Waals surface area contributed by atoms with Crippen molar-refractivity contribution in [2.24, 2.45) is 0 Å². The molecule has 0 aliphatic rings. The van der Waals surface area contributed by atoms with Crippen LogP contribution in [0.4, 0.5) is 11.4 Å². The van der Waals surface area contributed by atoms with E-state index in [9.17, 15) is 4.79 Å². The van der Waals surface area contributed by atoms with Crippen LogP contribution < -0.4 is 10.6 Å². The highest BCUT2D eigenvalue weighted by Crippen LogP contribution is 2.17. The molecule has 2 aromatic carbocycles. The Morgan fingerprint density at radius 3 is 2.65 bits per heavy atom. The number of benzene rings is 2. The number of hydrogen-bond donors (Lipinski definition) is 2. The van der Waals surface area contributed by atoms with Crippen molar-refractivity contribution in [2.45, 2.75) is 13.3 Å². The molecule has 0 saturated carbocycles. The Balaban J connectivity index is 1.59. The van der Waals surface area contributed by atoms with Gasteiger partial charge < -0.3 is 10.6 Å². The third-order valence-corrected chi connectivity index (χ3v) is 4.12. The topological polar surface area (TPSA) is 54.0 Å². The third-order valence-electron chi connectivity index (χ3n) is 3.89. The van der Waals surface area contributed by atoms with E-state index in [-0.39, 0.29) is 5.91 Å². The van der Waals surface area contributed by atoms with E-state index in [0.717, 1.165) is 16.9 Å². The van der Waals surface area contributed by atoms with E-state index in [1.165, 1.54) is 5.56 Å². The number of hydrogen-bond acceptors (Lipinski definition) is 3. The van der Waals surface area contributed by atoms with Crippen molar-refractivity contribution in [3.05, 3.63) is 88.7 Å². The number of carbonyl (C=O) groups is 1. The summed E-state index contributed by atoms with van der Waals surface area (Å²) in [7, 11) is 0. The summed E-state index contributed by atoms with van der Waals surface area (Å²) in [4.78, 5) is 16.5. The summed E-state index contributed by atoms with van der Waals surface area (Å²) >= 11 is 5.97. The monoisotopic (exact) mass is 365 g/mol. The van der Waals surface area contributed by atoms with Crippen LogP contribution in [0.15, 0.2) is 66.9 Å². The van der Waals surface area contributed by atoms with E-state index in [2.05, 4.69) is 15.6 Å². The Bertz CT molecular complexity index is 911. The maximum atomic E-state index is 12.3. The molecule has 1 heterocycles. The van der Waals surface area contributed by atoms with Gasteiger partial charge in [-0.1, -0.05) is 35.9 Å². The quantitative estimate of drug-likeness (QED) is 0.662. The molecule has 1 aromatic heterocycles. The first-order valence-corrected chi connectivity index (χ1v) is 8.80. The van der Waals surface area contributed by atoms with Crippen molar-refractivity contribution < 1.29 is 4.79 Å². The van der Waals surface area contributed by atoms with Crippen molar-refractivity contribution in [1.82, 2.24) is 10.3 Å². The second-order valence-corrected chi connectivity index (χ2v) is 6.50. The molecule has 3 aromatic rings. The standard InChI is InChI=1S/C21H20ClN3O/c1-15-4-2-7-18(12-15)25-19-9-11-23-20(14-19)21(26)24-10-8-16-5-3-6-17(22)13-16/h2-7,9,11-14H,8,10H2,1H3,(H,23,25)(H,24,26). The highest BCUT2D eigenvalue weighted by Gasteiger charge is 2.08. The van der Waals surface area contributed by atoms with Crippen LogP contribution in [-0.2, 0) is 6.42 Å². The second kappa shape index (κ2) is 8.50. The smallest absolute Gasteiger partial charge is 0.269 e. The van der Waals surface area contributed by atoms with Gasteiger partial charge in [-0.15, -0.1) is 0 Å². The summed E-state index contributed by atoms with van der Waals surface area (Å²) in [6.07, 6.45) is 2.34. The molecular weight excluding hydrogens is 346 g/mol. The molecule has 0 saturated heterocycles. The van der Waals surface area contributed by atoms with Gasteiger partial charge in [0.2, 0.25) is 0 Å². The maximum Gasteiger partial charge on any atom is 0.269 e. The van der Waals surface area contributed by atoms with Gasteiger partial charge in [-0.2, -0.15) is 0 Å². The summed E-state index contributed by atoms with van der Waals surface area (Å²) in [6, 6.07) is 19.3. The van der Waals surface area contributed by atoms with Crippen LogP contribution in [0.25, 0.3) is 0 Å². The molecule has 5 heteroatoms. The van der Waals surface area contributed by atoms with E-state index < -0.39 is 0 Å². The van der Waals surface area contributed by atoms with Crippen molar-refractivity contribution >= 4 is 28.9 Å². The van der Waals surface area contributed by atoms with E-state index in [4.69, 9.17) is 11.6 Å². The summed E-state index contributed by atoms with van der Waals surface area (Å²) in [6.45, 7) is 2.56. The number of aromatic nitrogens is 1. The fraction of sp³-hybridized carbons (Fsp3) is 0.143. The van der Waals surface area contributed by atoms with Gasteiger partial charge in [0.25, 0.3) is 5.91 Å². The fourth-order valence-corrected chi connectivity index (χ4v) is 2.84. The summed E-state index contributed by atoms with van der Waals surface area (Å²) in [5, 5.41) is 6.89. The highest BCUT2D eigenvalue weighted by atomic mass is 35.5. The van der Waals surface area contributed by atoms with Crippen molar-refractivity contribution in [3.8, 4) is 0 Å². The summed E-state index contributed by atoms with van der Waals surface area (Å²) < 4.78 is 0. The Kier molecular flexibility index (Phi) is 5.87. The van der Waals surface area contributed by atoms with Crippen LogP contribution in [0.2, 0.25) is 5.02 Å². The van der Waals surface area contributed by atoms with Gasteiger partial charge in [0, 0.05) is 29.1 Å². The zero-order valence-corrected chi connectivity index (χ0v) is 15.3. The summed E-state index contributed by atoms with van der Waals surface area (Å²) in [5.41, 5.74) is 4.44. The molecule has 0 bridgehead atoms. The van der Waals surface area contributed by atoms with E-state index in [0.29, 0.717) is 23.7 Å². The first-order valence-electron chi connectivity index (χ1n) is 8.42. The van der Waals surface area contributed by atoms with Gasteiger partial charge in [-0.25, -0.2) is 0 Å². The van der Waals surface area contributed by atoms with Crippen molar-refractivity contribution in [3.63, 3.8) is 0 Å². The number of nitrogens with one attached hydrogen (secondary N) is 2. The lowest BCUT2D eigenvalue weighted by Crippen LogP contribution is -2.26. The zero-order valence-electron chi connectivity index (χ0n) is 14.5. The maximum absolute atomic E-state index is 12.3. The van der Waals surface area contributed by atoms with E-state index in [1.54, 1.807) is 12.3 Å². The minimum Gasteiger partial charge on any atom is -0.355 e. The number of aryl methyl sites for hydroxylation is 1. The molecule has 0 aliphatic heterocycles. The Morgan fingerprint density at radius 2 is 1.85 bits per heavy atom. The molecule has 4 nitrogen and oxygen atoms in total. The minimum atomic E-state index is -0.195. The molecule has 0 radical (unpaired) electrons. The number of amides is 1. The lowest BCUT2D eigenvalue weighted by atomic mass is 10.1. The van der Waals surface area contributed by atoms with Crippen LogP contribution in [0.1, 0.15) is 21.6 Å². The lowest BCUT2D eigenvalue weighted by Gasteiger charge is -2.09. The molecule has 132 valence electrons. The van der Waals surface area contributed by atoms with Gasteiger partial charge in [-0.05, 0) is 60.9 Å². The molecule has 1 amide bonds. The number of carbonyl (C=O) groups excluding carboxylic acids is 1. The molecule has 26 heavy (non-hydrogen) atoms. The van der Waals surface area contributed by atoms with Gasteiger partial charge in [0.05, 0.1) is 0 Å². The van der Waals surface area contributed by atoms with Crippen molar-refractivity contribution in [1.29, 1.82) is 0 Å². The molecule has 2 N–H and O–H groups in total. The number of nitrogens with zero attached hydrogens (tertiary/aromatic N) is 1. The predicted molar refractivity (Wildman–Crippen MR) is 106 cm³/mol. The molecule has 0 fully saturated rings. The lowest BCUT2D eigenvalue weighted by molar-refractivity contribution is 0.0949. The third kappa shape index (κ3) is 5.07. The zero-order chi connectivity index (χ0) is 18.4. The first-order chi connectivity index (χ1) is 12.6. The number of halogens is 1. The first kappa shape index (κ1) is 18.0. The predicted octanol–water partition coefficient (Wildman–Crippen LogP) is 4.76. The molecule has 0 atom stereocenters. The highest BCUT2D eigenvalue weighted by molar-refractivity contribution is 6.30. The van der Waals surface area contributed by atoms with Crippen molar-refractivity contribution in [2.75, 3.05) is 11.9 Å².